The number of nitrogens with one attached hydrogen (secondary N) is 1. The molecule has 2 N–H and O–H groups in total. The van der Waals surface area contributed by atoms with Crippen molar-refractivity contribution in [3.05, 3.63) is 41.0 Å². The molecule has 0 aliphatic heterocycles. The summed E-state index contributed by atoms with van der Waals surface area (Å²) in [5.41, 5.74) is 1.23. The van der Waals surface area contributed by atoms with Crippen LogP contribution < -0.4 is 5.32 Å². The lowest BCUT2D eigenvalue weighted by Gasteiger charge is -2.09. The van der Waals surface area contributed by atoms with Gasteiger partial charge >= 0.3 is 5.97 Å². The van der Waals surface area contributed by atoms with Crippen molar-refractivity contribution in [3.63, 3.8) is 0 Å². The van der Waals surface area contributed by atoms with E-state index in [9.17, 15) is 14.7 Å². The van der Waals surface area contributed by atoms with Gasteiger partial charge in [-0.3, -0.25) is 4.79 Å². The minimum atomic E-state index is -1.05. The molecule has 0 spiro atoms. The zero-order chi connectivity index (χ0) is 18.5. The van der Waals surface area contributed by atoms with E-state index in [0.717, 1.165) is 18.7 Å². The molecule has 0 unspecified atom stereocenters. The van der Waals surface area contributed by atoms with Crippen molar-refractivity contribution in [3.8, 4) is 0 Å². The Morgan fingerprint density at radius 3 is 2.85 bits per heavy atom. The van der Waals surface area contributed by atoms with Crippen molar-refractivity contribution in [1.29, 1.82) is 0 Å². The van der Waals surface area contributed by atoms with Gasteiger partial charge in [-0.05, 0) is 43.0 Å². The van der Waals surface area contributed by atoms with E-state index in [1.54, 1.807) is 6.07 Å². The molecule has 1 amide bonds. The molecule has 1 saturated carbocycles. The lowest BCUT2D eigenvalue weighted by atomic mass is 10.1. The largest absolute Gasteiger partial charge is 0.478 e. The van der Waals surface area contributed by atoms with Crippen molar-refractivity contribution in [1.82, 2.24) is 10.1 Å². The zero-order valence-corrected chi connectivity index (χ0v) is 14.5. The zero-order valence-electron chi connectivity index (χ0n) is 14.5. The summed E-state index contributed by atoms with van der Waals surface area (Å²) in [6.07, 6.45) is 3.61. The summed E-state index contributed by atoms with van der Waals surface area (Å²) < 4.78 is 10.2. The summed E-state index contributed by atoms with van der Waals surface area (Å²) in [5.74, 6) is 0.508. The Kier molecular flexibility index (Phi) is 5.62. The number of anilines is 1. The van der Waals surface area contributed by atoms with E-state index in [1.165, 1.54) is 19.2 Å². The van der Waals surface area contributed by atoms with Crippen LogP contribution in [0.2, 0.25) is 0 Å². The first-order chi connectivity index (χ1) is 12.5. The lowest BCUT2D eigenvalue weighted by Crippen LogP contribution is -2.13. The second-order valence-corrected chi connectivity index (χ2v) is 6.38. The summed E-state index contributed by atoms with van der Waals surface area (Å²) in [5, 5.41) is 15.8. The molecule has 26 heavy (non-hydrogen) atoms. The van der Waals surface area contributed by atoms with E-state index in [2.05, 4.69) is 15.5 Å². The number of carboxylic acids is 1. The normalized spacial score (nSPS) is 13.6. The van der Waals surface area contributed by atoms with E-state index in [0.29, 0.717) is 35.9 Å². The number of aryl methyl sites for hydroxylation is 1. The van der Waals surface area contributed by atoms with Gasteiger partial charge in [0.2, 0.25) is 11.8 Å². The second kappa shape index (κ2) is 8.09. The third-order valence-electron chi connectivity index (χ3n) is 4.06. The summed E-state index contributed by atoms with van der Waals surface area (Å²) in [7, 11) is 1.53. The first-order valence-corrected chi connectivity index (χ1v) is 8.53. The van der Waals surface area contributed by atoms with Crippen LogP contribution in [0, 0.1) is 0 Å². The van der Waals surface area contributed by atoms with Crippen LogP contribution in [0.25, 0.3) is 0 Å². The third-order valence-corrected chi connectivity index (χ3v) is 4.06. The van der Waals surface area contributed by atoms with Crippen LogP contribution in [0.15, 0.2) is 22.7 Å². The highest BCUT2D eigenvalue weighted by Crippen LogP contribution is 2.38. The second-order valence-electron chi connectivity index (χ2n) is 6.38. The molecule has 0 radical (unpaired) electrons. The molecule has 1 aliphatic carbocycles. The average molecular weight is 359 g/mol. The van der Waals surface area contributed by atoms with Crippen molar-refractivity contribution in [2.45, 2.75) is 44.6 Å². The van der Waals surface area contributed by atoms with Crippen LogP contribution >= 0.6 is 0 Å². The SMILES string of the molecule is COCc1cc(NC(=O)CCCc2nc(C3CC3)no2)cc(C(=O)O)c1. The summed E-state index contributed by atoms with van der Waals surface area (Å²) >= 11 is 0. The molecule has 138 valence electrons. The van der Waals surface area contributed by atoms with Gasteiger partial charge < -0.3 is 19.7 Å². The number of hydrogen-bond donors (Lipinski definition) is 2. The number of carbonyl (C=O) groups is 2. The lowest BCUT2D eigenvalue weighted by molar-refractivity contribution is -0.116. The number of aromatic carboxylic acids is 1. The molecule has 3 rings (SSSR count). The van der Waals surface area contributed by atoms with Gasteiger partial charge in [0, 0.05) is 31.6 Å². The monoisotopic (exact) mass is 359 g/mol. The van der Waals surface area contributed by atoms with Gasteiger partial charge in [-0.25, -0.2) is 4.79 Å². The number of nitrogens with zero attached hydrogens (tertiary/aromatic N) is 2. The van der Waals surface area contributed by atoms with E-state index < -0.39 is 5.97 Å². The fourth-order valence-electron chi connectivity index (χ4n) is 2.64. The molecular formula is C18H21N3O5. The molecular weight excluding hydrogens is 338 g/mol. The minimum absolute atomic E-state index is 0.105. The molecule has 8 nitrogen and oxygen atoms in total. The van der Waals surface area contributed by atoms with Crippen molar-refractivity contribution in [2.75, 3.05) is 12.4 Å². The number of methoxy groups -OCH3 is 1. The predicted molar refractivity (Wildman–Crippen MR) is 92.0 cm³/mol. The number of hydrogen-bond acceptors (Lipinski definition) is 6. The molecule has 1 fully saturated rings. The van der Waals surface area contributed by atoms with Crippen molar-refractivity contribution >= 4 is 17.6 Å². The quantitative estimate of drug-likeness (QED) is 0.707. The number of aromatic nitrogens is 2. The van der Waals surface area contributed by atoms with Gasteiger partial charge in [0.05, 0.1) is 12.2 Å². The number of ether oxygens (including phenoxy) is 1. The predicted octanol–water partition coefficient (Wildman–Crippen LogP) is 2.75. The van der Waals surface area contributed by atoms with E-state index in [1.807, 2.05) is 0 Å². The maximum atomic E-state index is 12.1. The van der Waals surface area contributed by atoms with Crippen LogP contribution in [0.4, 0.5) is 5.69 Å². The van der Waals surface area contributed by atoms with Gasteiger partial charge in [0.15, 0.2) is 5.82 Å². The number of carbonyl (C=O) groups excluding carboxylic acids is 1. The smallest absolute Gasteiger partial charge is 0.335 e. The number of rotatable bonds is 9. The molecule has 1 aromatic carbocycles. The Labute approximate surface area is 150 Å². The molecule has 1 aliphatic rings. The van der Waals surface area contributed by atoms with Crippen molar-refractivity contribution < 1.29 is 24.0 Å². The molecule has 0 atom stereocenters. The Morgan fingerprint density at radius 1 is 1.35 bits per heavy atom. The molecule has 8 heteroatoms. The topological polar surface area (TPSA) is 115 Å². The van der Waals surface area contributed by atoms with Gasteiger partial charge in [-0.2, -0.15) is 4.98 Å². The van der Waals surface area contributed by atoms with Crippen LogP contribution in [0.1, 0.15) is 59.2 Å². The first-order valence-electron chi connectivity index (χ1n) is 8.53. The maximum absolute atomic E-state index is 12.1. The van der Waals surface area contributed by atoms with E-state index in [-0.39, 0.29) is 24.5 Å². The molecule has 2 aromatic rings. The average Bonchev–Trinajstić information content (AvgIpc) is 3.34. The molecule has 0 bridgehead atoms. The van der Waals surface area contributed by atoms with Crippen LogP contribution in [-0.4, -0.2) is 34.2 Å². The van der Waals surface area contributed by atoms with Gasteiger partial charge in [-0.15, -0.1) is 0 Å². The summed E-state index contributed by atoms with van der Waals surface area (Å²) in [6, 6.07) is 4.65. The fourth-order valence-corrected chi connectivity index (χ4v) is 2.64. The summed E-state index contributed by atoms with van der Waals surface area (Å²) in [6.45, 7) is 0.268. The molecule has 0 saturated heterocycles. The highest BCUT2D eigenvalue weighted by molar-refractivity contribution is 5.94. The maximum Gasteiger partial charge on any atom is 0.335 e. The fraction of sp³-hybridized carbons (Fsp3) is 0.444. The number of carboxylic acid groups (broad SMARTS) is 1. The third kappa shape index (κ3) is 4.89. The van der Waals surface area contributed by atoms with Crippen molar-refractivity contribution in [2.24, 2.45) is 0 Å². The number of benzene rings is 1. The first kappa shape index (κ1) is 18.1. The Hall–Kier alpha value is -2.74. The van der Waals surface area contributed by atoms with Crippen LogP contribution in [0.5, 0.6) is 0 Å². The van der Waals surface area contributed by atoms with Crippen LogP contribution in [0.3, 0.4) is 0 Å². The molecule has 1 aromatic heterocycles. The van der Waals surface area contributed by atoms with Gasteiger partial charge in [0.25, 0.3) is 0 Å². The Bertz CT molecular complexity index is 798. The minimum Gasteiger partial charge on any atom is -0.478 e. The highest BCUT2D eigenvalue weighted by Gasteiger charge is 2.28. The van der Waals surface area contributed by atoms with E-state index >= 15 is 0 Å². The van der Waals surface area contributed by atoms with Crippen LogP contribution in [-0.2, 0) is 22.6 Å². The highest BCUT2D eigenvalue weighted by atomic mass is 16.5. The van der Waals surface area contributed by atoms with Gasteiger partial charge in [-0.1, -0.05) is 5.16 Å². The van der Waals surface area contributed by atoms with E-state index in [4.69, 9.17) is 9.26 Å². The van der Waals surface area contributed by atoms with Gasteiger partial charge in [0.1, 0.15) is 0 Å². The number of amides is 1. The Balaban J connectivity index is 1.52. The Morgan fingerprint density at radius 2 is 2.15 bits per heavy atom. The standard InChI is InChI=1S/C18H21N3O5/c1-25-10-11-7-13(18(23)24)9-14(8-11)19-15(22)3-2-4-16-20-17(21-26-16)12-5-6-12/h7-9,12H,2-6,10H2,1H3,(H,19,22)(H,23,24). The summed E-state index contributed by atoms with van der Waals surface area (Å²) in [4.78, 5) is 27.6. The molecule has 1 heterocycles.